The molecule has 0 bridgehead atoms. The molecule has 0 saturated carbocycles. The van der Waals surface area contributed by atoms with E-state index < -0.39 is 25.9 Å². The van der Waals surface area contributed by atoms with E-state index in [1.54, 1.807) is 6.92 Å². The van der Waals surface area contributed by atoms with Crippen LogP contribution in [0.5, 0.6) is 0 Å². The highest BCUT2D eigenvalue weighted by Crippen LogP contribution is 2.21. The van der Waals surface area contributed by atoms with Gasteiger partial charge in [-0.05, 0) is 18.6 Å². The first-order valence-electron chi connectivity index (χ1n) is 6.04. The van der Waals surface area contributed by atoms with Gasteiger partial charge >= 0.3 is 0 Å². The van der Waals surface area contributed by atoms with E-state index in [0.717, 1.165) is 4.31 Å². The maximum atomic E-state index is 12.4. The Bertz CT molecular complexity index is 682. The SMILES string of the molecule is CC1CS(=O)(=O)CCN1S(=O)(=O)c1ccc(CO)cn1. The fourth-order valence-corrected chi connectivity index (χ4v) is 5.43. The van der Waals surface area contributed by atoms with Gasteiger partial charge in [0.1, 0.15) is 0 Å². The lowest BCUT2D eigenvalue weighted by atomic mass is 10.3. The lowest BCUT2D eigenvalue weighted by Crippen LogP contribution is -2.49. The standard InChI is InChI=1S/C11H16N2O5S2/c1-9-8-19(15,16)5-4-13(9)20(17,18)11-3-2-10(7-14)6-12-11/h2-3,6,9,14H,4-5,7-8H2,1H3. The normalized spacial score (nSPS) is 23.6. The second-order valence-corrected chi connectivity index (χ2v) is 8.81. The number of aliphatic hydroxyl groups excluding tert-OH is 1. The molecule has 1 atom stereocenters. The van der Waals surface area contributed by atoms with Crippen molar-refractivity contribution in [1.82, 2.24) is 9.29 Å². The summed E-state index contributed by atoms with van der Waals surface area (Å²) in [7, 11) is -6.99. The third-order valence-corrected chi connectivity index (χ3v) is 6.89. The van der Waals surface area contributed by atoms with Crippen molar-refractivity contribution in [2.75, 3.05) is 18.1 Å². The van der Waals surface area contributed by atoms with Crippen LogP contribution >= 0.6 is 0 Å². The average molecular weight is 320 g/mol. The lowest BCUT2D eigenvalue weighted by Gasteiger charge is -2.31. The highest BCUT2D eigenvalue weighted by atomic mass is 32.2. The Morgan fingerprint density at radius 3 is 2.65 bits per heavy atom. The first-order valence-corrected chi connectivity index (χ1v) is 9.30. The molecule has 1 N–H and O–H groups in total. The summed E-state index contributed by atoms with van der Waals surface area (Å²) in [6, 6.07) is 2.18. The van der Waals surface area contributed by atoms with E-state index in [1.807, 2.05) is 0 Å². The number of aromatic nitrogens is 1. The molecule has 0 aromatic carbocycles. The number of pyridine rings is 1. The fourth-order valence-electron chi connectivity index (χ4n) is 2.12. The molecule has 0 amide bonds. The molecular weight excluding hydrogens is 304 g/mol. The minimum absolute atomic E-state index is 0.0603. The number of nitrogens with zero attached hydrogens (tertiary/aromatic N) is 2. The Morgan fingerprint density at radius 2 is 2.15 bits per heavy atom. The van der Waals surface area contributed by atoms with E-state index in [9.17, 15) is 16.8 Å². The van der Waals surface area contributed by atoms with Crippen LogP contribution < -0.4 is 0 Å². The van der Waals surface area contributed by atoms with Crippen molar-refractivity contribution in [3.63, 3.8) is 0 Å². The number of aliphatic hydroxyl groups is 1. The van der Waals surface area contributed by atoms with Gasteiger partial charge in [0.2, 0.25) is 0 Å². The molecule has 9 heteroatoms. The third-order valence-electron chi connectivity index (χ3n) is 3.16. The average Bonchev–Trinajstić information content (AvgIpc) is 2.37. The van der Waals surface area contributed by atoms with Gasteiger partial charge in [-0.2, -0.15) is 4.31 Å². The summed E-state index contributed by atoms with van der Waals surface area (Å²) >= 11 is 0. The predicted octanol–water partition coefficient (Wildman–Crippen LogP) is -0.619. The van der Waals surface area contributed by atoms with Gasteiger partial charge < -0.3 is 5.11 Å². The highest BCUT2D eigenvalue weighted by molar-refractivity contribution is 7.92. The Kier molecular flexibility index (Phi) is 4.14. The van der Waals surface area contributed by atoms with Crippen molar-refractivity contribution >= 4 is 19.9 Å². The number of hydrogen-bond donors (Lipinski definition) is 1. The topological polar surface area (TPSA) is 105 Å². The van der Waals surface area contributed by atoms with Crippen LogP contribution in [0.4, 0.5) is 0 Å². The molecule has 1 aliphatic heterocycles. The molecule has 0 aliphatic carbocycles. The largest absolute Gasteiger partial charge is 0.392 e. The van der Waals surface area contributed by atoms with Crippen LogP contribution in [-0.4, -0.2) is 55.3 Å². The van der Waals surface area contributed by atoms with E-state index >= 15 is 0 Å². The van der Waals surface area contributed by atoms with Crippen LogP contribution in [0.3, 0.4) is 0 Å². The summed E-state index contributed by atoms with van der Waals surface area (Å²) in [6.45, 7) is 1.29. The lowest BCUT2D eigenvalue weighted by molar-refractivity contribution is 0.281. The van der Waals surface area contributed by atoms with Gasteiger partial charge in [0, 0.05) is 18.8 Å². The quantitative estimate of drug-likeness (QED) is 0.796. The zero-order chi connectivity index (χ0) is 15.0. The Balaban J connectivity index is 2.30. The maximum absolute atomic E-state index is 12.4. The van der Waals surface area contributed by atoms with E-state index in [1.165, 1.54) is 18.3 Å². The number of sulfone groups is 1. The zero-order valence-electron chi connectivity index (χ0n) is 10.9. The van der Waals surface area contributed by atoms with Gasteiger partial charge in [-0.15, -0.1) is 0 Å². The summed E-state index contributed by atoms with van der Waals surface area (Å²) < 4.78 is 49.0. The summed E-state index contributed by atoms with van der Waals surface area (Å²) in [5, 5.41) is 8.78. The predicted molar refractivity (Wildman–Crippen MR) is 72.2 cm³/mol. The molecule has 7 nitrogen and oxygen atoms in total. The minimum atomic E-state index is -3.81. The zero-order valence-corrected chi connectivity index (χ0v) is 12.6. The summed E-state index contributed by atoms with van der Waals surface area (Å²) in [5.41, 5.74) is 0.512. The van der Waals surface area contributed by atoms with Gasteiger partial charge in [-0.25, -0.2) is 21.8 Å². The molecule has 1 fully saturated rings. The van der Waals surface area contributed by atoms with Gasteiger partial charge in [-0.3, -0.25) is 0 Å². The Morgan fingerprint density at radius 1 is 1.45 bits per heavy atom. The summed E-state index contributed by atoms with van der Waals surface area (Å²) in [6.07, 6.45) is 1.29. The van der Waals surface area contributed by atoms with Crippen molar-refractivity contribution in [2.24, 2.45) is 0 Å². The van der Waals surface area contributed by atoms with Crippen molar-refractivity contribution in [2.45, 2.75) is 24.6 Å². The molecule has 0 radical (unpaired) electrons. The molecule has 1 aromatic rings. The number of hydrogen-bond acceptors (Lipinski definition) is 6. The Hall–Kier alpha value is -1.03. The molecule has 2 heterocycles. The Labute approximate surface area is 118 Å². The molecule has 1 unspecified atom stereocenters. The smallest absolute Gasteiger partial charge is 0.260 e. The third kappa shape index (κ3) is 3.00. The van der Waals surface area contributed by atoms with Crippen molar-refractivity contribution in [1.29, 1.82) is 0 Å². The second-order valence-electron chi connectivity index (χ2n) is 4.74. The summed E-state index contributed by atoms with van der Waals surface area (Å²) in [5.74, 6) is -0.355. The van der Waals surface area contributed by atoms with Crippen LogP contribution in [0, 0.1) is 0 Å². The van der Waals surface area contributed by atoms with Crippen LogP contribution in [0.25, 0.3) is 0 Å². The molecule has 0 spiro atoms. The highest BCUT2D eigenvalue weighted by Gasteiger charge is 2.37. The molecule has 1 aliphatic rings. The molecule has 20 heavy (non-hydrogen) atoms. The van der Waals surface area contributed by atoms with Crippen molar-refractivity contribution < 1.29 is 21.9 Å². The van der Waals surface area contributed by atoms with E-state index in [2.05, 4.69) is 4.98 Å². The van der Waals surface area contributed by atoms with Gasteiger partial charge in [0.15, 0.2) is 14.9 Å². The van der Waals surface area contributed by atoms with Crippen LogP contribution in [0.1, 0.15) is 12.5 Å². The monoisotopic (exact) mass is 320 g/mol. The van der Waals surface area contributed by atoms with Crippen molar-refractivity contribution in [3.8, 4) is 0 Å². The van der Waals surface area contributed by atoms with E-state index in [-0.39, 0.29) is 29.7 Å². The molecular formula is C11H16N2O5S2. The molecule has 1 aromatic heterocycles. The fraction of sp³-hybridized carbons (Fsp3) is 0.545. The molecule has 1 saturated heterocycles. The van der Waals surface area contributed by atoms with Crippen molar-refractivity contribution in [3.05, 3.63) is 23.9 Å². The molecule has 112 valence electrons. The van der Waals surface area contributed by atoms with E-state index in [4.69, 9.17) is 5.11 Å². The summed E-state index contributed by atoms with van der Waals surface area (Å²) in [4.78, 5) is 3.83. The number of sulfonamides is 1. The maximum Gasteiger partial charge on any atom is 0.260 e. The van der Waals surface area contributed by atoms with E-state index in [0.29, 0.717) is 5.56 Å². The number of rotatable bonds is 3. The van der Waals surface area contributed by atoms with Crippen LogP contribution in [-0.2, 0) is 26.5 Å². The second kappa shape index (κ2) is 5.40. The minimum Gasteiger partial charge on any atom is -0.392 e. The van der Waals surface area contributed by atoms with Crippen LogP contribution in [0.2, 0.25) is 0 Å². The van der Waals surface area contributed by atoms with Gasteiger partial charge in [0.05, 0.1) is 18.1 Å². The van der Waals surface area contributed by atoms with Crippen LogP contribution in [0.15, 0.2) is 23.4 Å². The molecule has 2 rings (SSSR count). The first kappa shape index (κ1) is 15.4. The van der Waals surface area contributed by atoms with Gasteiger partial charge in [-0.1, -0.05) is 6.07 Å². The first-order chi connectivity index (χ1) is 9.26. The van der Waals surface area contributed by atoms with Gasteiger partial charge in [0.25, 0.3) is 10.0 Å².